The van der Waals surface area contributed by atoms with Crippen LogP contribution in [-0.4, -0.2) is 30.5 Å². The summed E-state index contributed by atoms with van der Waals surface area (Å²) in [7, 11) is 1.88. The molecule has 0 unspecified atom stereocenters. The van der Waals surface area contributed by atoms with Crippen LogP contribution < -0.4 is 4.74 Å². The van der Waals surface area contributed by atoms with Crippen molar-refractivity contribution in [2.24, 2.45) is 0 Å². The molecule has 0 aliphatic heterocycles. The molecule has 1 amide bonds. The lowest BCUT2D eigenvalue weighted by Crippen LogP contribution is -2.37. The molecular formula is C17H23ClFNO2. The Balaban J connectivity index is 1.79. The van der Waals surface area contributed by atoms with Crippen molar-refractivity contribution in [3.63, 3.8) is 0 Å². The maximum absolute atomic E-state index is 12.9. The Morgan fingerprint density at radius 2 is 2.00 bits per heavy atom. The van der Waals surface area contributed by atoms with E-state index < -0.39 is 5.82 Å². The highest BCUT2D eigenvalue weighted by Crippen LogP contribution is 2.25. The average Bonchev–Trinajstić information content (AvgIpc) is 2.77. The second-order valence-electron chi connectivity index (χ2n) is 5.82. The molecule has 0 radical (unpaired) electrons. The molecule has 1 aliphatic rings. The van der Waals surface area contributed by atoms with Crippen LogP contribution in [0.25, 0.3) is 0 Å². The van der Waals surface area contributed by atoms with Gasteiger partial charge in [-0.15, -0.1) is 0 Å². The number of benzene rings is 1. The first-order chi connectivity index (χ1) is 10.6. The Morgan fingerprint density at radius 1 is 1.32 bits per heavy atom. The lowest BCUT2D eigenvalue weighted by molar-refractivity contribution is -0.132. The predicted molar refractivity (Wildman–Crippen MR) is 85.8 cm³/mol. The summed E-state index contributed by atoms with van der Waals surface area (Å²) in [6.07, 6.45) is 7.42. The molecule has 5 heteroatoms. The topological polar surface area (TPSA) is 29.5 Å². The first-order valence-electron chi connectivity index (χ1n) is 7.91. The fourth-order valence-corrected chi connectivity index (χ4v) is 3.09. The Hall–Kier alpha value is -1.29. The normalized spacial score (nSPS) is 16.1. The van der Waals surface area contributed by atoms with Gasteiger partial charge in [-0.1, -0.05) is 37.3 Å². The van der Waals surface area contributed by atoms with Gasteiger partial charge >= 0.3 is 0 Å². The van der Waals surface area contributed by atoms with Crippen molar-refractivity contribution in [3.05, 3.63) is 29.0 Å². The summed E-state index contributed by atoms with van der Waals surface area (Å²) in [4.78, 5) is 14.1. The SMILES string of the molecule is CN(C(=O)CCOc1ccc(F)cc1Cl)C1CCCCCC1. The molecule has 1 aromatic rings. The molecular weight excluding hydrogens is 305 g/mol. The van der Waals surface area contributed by atoms with Crippen molar-refractivity contribution in [3.8, 4) is 5.75 Å². The van der Waals surface area contributed by atoms with E-state index >= 15 is 0 Å². The van der Waals surface area contributed by atoms with E-state index in [4.69, 9.17) is 16.3 Å². The van der Waals surface area contributed by atoms with Gasteiger partial charge in [0.25, 0.3) is 0 Å². The standard InChI is InChI=1S/C17H23ClFNO2/c1-20(14-6-4-2-3-5-7-14)17(21)10-11-22-16-9-8-13(19)12-15(16)18/h8-9,12,14H,2-7,10-11H2,1H3. The highest BCUT2D eigenvalue weighted by atomic mass is 35.5. The van der Waals surface area contributed by atoms with Crippen molar-refractivity contribution < 1.29 is 13.9 Å². The fourth-order valence-electron chi connectivity index (χ4n) is 2.87. The lowest BCUT2D eigenvalue weighted by atomic mass is 10.1. The molecule has 3 nitrogen and oxygen atoms in total. The van der Waals surface area contributed by atoms with Gasteiger partial charge in [-0.05, 0) is 31.0 Å². The van der Waals surface area contributed by atoms with E-state index in [-0.39, 0.29) is 17.5 Å². The summed E-state index contributed by atoms with van der Waals surface area (Å²) in [6.45, 7) is 0.251. The second-order valence-corrected chi connectivity index (χ2v) is 6.23. The molecule has 0 atom stereocenters. The number of carbonyl (C=O) groups is 1. The number of carbonyl (C=O) groups excluding carboxylic acids is 1. The Bertz CT molecular complexity index is 501. The molecule has 2 rings (SSSR count). The van der Waals surface area contributed by atoms with Gasteiger partial charge in [-0.25, -0.2) is 4.39 Å². The Morgan fingerprint density at radius 3 is 2.64 bits per heavy atom. The van der Waals surface area contributed by atoms with Gasteiger partial charge in [0, 0.05) is 13.1 Å². The third-order valence-corrected chi connectivity index (χ3v) is 4.53. The summed E-state index contributed by atoms with van der Waals surface area (Å²) in [5, 5.41) is 0.226. The van der Waals surface area contributed by atoms with Crippen LogP contribution in [0.3, 0.4) is 0 Å². The van der Waals surface area contributed by atoms with Gasteiger partial charge in [0.1, 0.15) is 11.6 Å². The molecule has 22 heavy (non-hydrogen) atoms. The minimum Gasteiger partial charge on any atom is -0.491 e. The van der Waals surface area contributed by atoms with Gasteiger partial charge in [0.05, 0.1) is 18.1 Å². The van der Waals surface area contributed by atoms with Crippen LogP contribution >= 0.6 is 11.6 Å². The highest BCUT2D eigenvalue weighted by Gasteiger charge is 2.20. The molecule has 0 spiro atoms. The van der Waals surface area contributed by atoms with E-state index in [1.807, 2.05) is 11.9 Å². The first-order valence-corrected chi connectivity index (χ1v) is 8.29. The van der Waals surface area contributed by atoms with Crippen molar-refractivity contribution in [2.75, 3.05) is 13.7 Å². The van der Waals surface area contributed by atoms with Crippen molar-refractivity contribution in [1.82, 2.24) is 4.90 Å². The number of nitrogens with zero attached hydrogens (tertiary/aromatic N) is 1. The van der Waals surface area contributed by atoms with Crippen molar-refractivity contribution in [2.45, 2.75) is 51.0 Å². The van der Waals surface area contributed by atoms with Crippen LogP contribution in [0.1, 0.15) is 44.9 Å². The molecule has 0 saturated heterocycles. The number of ether oxygens (including phenoxy) is 1. The fraction of sp³-hybridized carbons (Fsp3) is 0.588. The monoisotopic (exact) mass is 327 g/mol. The van der Waals surface area contributed by atoms with E-state index in [0.717, 1.165) is 12.8 Å². The summed E-state index contributed by atoms with van der Waals surface area (Å²) in [5.41, 5.74) is 0. The van der Waals surface area contributed by atoms with E-state index in [2.05, 4.69) is 0 Å². The van der Waals surface area contributed by atoms with E-state index in [0.29, 0.717) is 18.2 Å². The molecule has 0 heterocycles. The van der Waals surface area contributed by atoms with Crippen LogP contribution in [0.5, 0.6) is 5.75 Å². The van der Waals surface area contributed by atoms with Gasteiger partial charge in [-0.2, -0.15) is 0 Å². The van der Waals surface area contributed by atoms with E-state index in [1.54, 1.807) is 0 Å². The zero-order valence-corrected chi connectivity index (χ0v) is 13.7. The number of hydrogen-bond acceptors (Lipinski definition) is 2. The summed E-state index contributed by atoms with van der Waals surface area (Å²) in [5.74, 6) is 0.0969. The number of hydrogen-bond donors (Lipinski definition) is 0. The molecule has 0 N–H and O–H groups in total. The zero-order chi connectivity index (χ0) is 15.9. The quantitative estimate of drug-likeness (QED) is 0.749. The van der Waals surface area contributed by atoms with Crippen LogP contribution in [-0.2, 0) is 4.79 Å². The zero-order valence-electron chi connectivity index (χ0n) is 13.0. The number of amides is 1. The molecule has 122 valence electrons. The third-order valence-electron chi connectivity index (χ3n) is 4.23. The van der Waals surface area contributed by atoms with Gasteiger partial charge in [0.15, 0.2) is 0 Å². The van der Waals surface area contributed by atoms with Crippen LogP contribution in [0, 0.1) is 5.82 Å². The molecule has 1 aromatic carbocycles. The van der Waals surface area contributed by atoms with Crippen LogP contribution in [0.2, 0.25) is 5.02 Å². The molecule has 0 aromatic heterocycles. The van der Waals surface area contributed by atoms with Gasteiger partial charge in [-0.3, -0.25) is 4.79 Å². The minimum absolute atomic E-state index is 0.0881. The largest absolute Gasteiger partial charge is 0.491 e. The maximum atomic E-state index is 12.9. The average molecular weight is 328 g/mol. The lowest BCUT2D eigenvalue weighted by Gasteiger charge is -2.27. The third kappa shape index (κ3) is 4.87. The Kier molecular flexibility index (Phi) is 6.49. The molecule has 1 saturated carbocycles. The predicted octanol–water partition coefficient (Wildman–Crippen LogP) is 4.43. The van der Waals surface area contributed by atoms with Crippen molar-refractivity contribution >= 4 is 17.5 Å². The number of rotatable bonds is 5. The van der Waals surface area contributed by atoms with E-state index in [9.17, 15) is 9.18 Å². The smallest absolute Gasteiger partial charge is 0.225 e. The van der Waals surface area contributed by atoms with E-state index in [1.165, 1.54) is 43.9 Å². The molecule has 0 bridgehead atoms. The minimum atomic E-state index is -0.401. The van der Waals surface area contributed by atoms with Gasteiger partial charge < -0.3 is 9.64 Å². The van der Waals surface area contributed by atoms with Gasteiger partial charge in [0.2, 0.25) is 5.91 Å². The molecule has 1 aliphatic carbocycles. The first kappa shape index (κ1) is 17.1. The van der Waals surface area contributed by atoms with Crippen molar-refractivity contribution in [1.29, 1.82) is 0 Å². The summed E-state index contributed by atoms with van der Waals surface area (Å²) < 4.78 is 18.4. The summed E-state index contributed by atoms with van der Waals surface area (Å²) in [6, 6.07) is 4.33. The Labute approximate surface area is 136 Å². The maximum Gasteiger partial charge on any atom is 0.225 e. The summed E-state index contributed by atoms with van der Waals surface area (Å²) >= 11 is 5.89. The second kappa shape index (κ2) is 8.37. The van der Waals surface area contributed by atoms with Crippen LogP contribution in [0.15, 0.2) is 18.2 Å². The highest BCUT2D eigenvalue weighted by molar-refractivity contribution is 6.32. The number of halogens is 2. The molecule has 1 fully saturated rings. The van der Waals surface area contributed by atoms with Crippen LogP contribution in [0.4, 0.5) is 4.39 Å².